The van der Waals surface area contributed by atoms with Crippen LogP contribution >= 0.6 is 11.3 Å². The molecule has 4 rings (SSSR count). The first-order valence-electron chi connectivity index (χ1n) is 10.4. The molecule has 0 spiro atoms. The number of oxazole rings is 1. The maximum Gasteiger partial charge on any atom is 0.259 e. The number of thiophene rings is 1. The van der Waals surface area contributed by atoms with Crippen molar-refractivity contribution >= 4 is 29.1 Å². The number of amidine groups is 1. The number of aromatic nitrogens is 3. The topological polar surface area (TPSA) is 91.5 Å². The summed E-state index contributed by atoms with van der Waals surface area (Å²) >= 11 is 1.49. The zero-order valence-corrected chi connectivity index (χ0v) is 18.2. The van der Waals surface area contributed by atoms with E-state index in [4.69, 9.17) is 25.0 Å². The molecule has 0 radical (unpaired) electrons. The van der Waals surface area contributed by atoms with Gasteiger partial charge in [0.15, 0.2) is 22.8 Å². The van der Waals surface area contributed by atoms with Crippen molar-refractivity contribution in [1.82, 2.24) is 14.8 Å². The van der Waals surface area contributed by atoms with Crippen LogP contribution in [0, 0.1) is 5.92 Å². The number of nitrogens with zero attached hydrogens (tertiary/aromatic N) is 4. The van der Waals surface area contributed by atoms with E-state index in [0.717, 1.165) is 35.7 Å². The number of rotatable bonds is 8. The van der Waals surface area contributed by atoms with E-state index in [0.29, 0.717) is 23.3 Å². The Morgan fingerprint density at radius 2 is 2.30 bits per heavy atom. The van der Waals surface area contributed by atoms with Gasteiger partial charge in [-0.15, -0.1) is 11.3 Å². The molecule has 30 heavy (non-hydrogen) atoms. The van der Waals surface area contributed by atoms with E-state index < -0.39 is 0 Å². The molecule has 7 nitrogen and oxygen atoms in total. The van der Waals surface area contributed by atoms with Gasteiger partial charge in [0, 0.05) is 5.92 Å². The largest absolute Gasteiger partial charge is 0.439 e. The third-order valence-corrected chi connectivity index (χ3v) is 6.28. The number of hydrogen-bond donors (Lipinski definition) is 1. The Hall–Kier alpha value is -2.87. The fraction of sp³-hybridized carbons (Fsp3) is 0.409. The Morgan fingerprint density at radius 3 is 2.97 bits per heavy atom. The van der Waals surface area contributed by atoms with Gasteiger partial charge in [-0.05, 0) is 36.8 Å². The van der Waals surface area contributed by atoms with Gasteiger partial charge >= 0.3 is 0 Å². The van der Waals surface area contributed by atoms with E-state index in [9.17, 15) is 0 Å². The second-order valence-electron chi connectivity index (χ2n) is 7.54. The normalized spacial score (nSPS) is 16.1. The monoisotopic (exact) mass is 425 g/mol. The minimum absolute atomic E-state index is 0.186. The predicted molar refractivity (Wildman–Crippen MR) is 120 cm³/mol. The van der Waals surface area contributed by atoms with Crippen LogP contribution in [-0.2, 0) is 0 Å². The fourth-order valence-corrected chi connectivity index (χ4v) is 4.16. The van der Waals surface area contributed by atoms with Gasteiger partial charge in [0.1, 0.15) is 5.84 Å². The van der Waals surface area contributed by atoms with Gasteiger partial charge in [-0.1, -0.05) is 39.3 Å². The highest BCUT2D eigenvalue weighted by Crippen LogP contribution is 2.39. The molecular formula is C22H27N5O2S. The maximum atomic E-state index is 6.30. The molecule has 1 aliphatic carbocycles. The lowest BCUT2D eigenvalue weighted by Crippen LogP contribution is -2.21. The molecule has 3 aromatic heterocycles. The Morgan fingerprint density at radius 1 is 1.50 bits per heavy atom. The molecule has 0 aromatic carbocycles. The van der Waals surface area contributed by atoms with E-state index in [1.807, 2.05) is 22.2 Å². The van der Waals surface area contributed by atoms with Gasteiger partial charge in [0.05, 0.1) is 11.6 Å². The van der Waals surface area contributed by atoms with E-state index in [1.165, 1.54) is 30.4 Å². The number of aliphatic imine (C=N–C) groups is 1. The molecule has 1 atom stereocenters. The summed E-state index contributed by atoms with van der Waals surface area (Å²) in [6.45, 7) is 8.17. The summed E-state index contributed by atoms with van der Waals surface area (Å²) in [5.74, 6) is 2.28. The van der Waals surface area contributed by atoms with Crippen molar-refractivity contribution in [2.75, 3.05) is 0 Å². The average Bonchev–Trinajstić information content (AvgIpc) is 3.54. The van der Waals surface area contributed by atoms with Crippen molar-refractivity contribution < 1.29 is 9.15 Å². The standard InChI is InChI=1S/C22H27N5O2S/c1-4-14(3)20(23)25-21-16(5-2)19(26-27(21)15-9-6-7-10-15)22-24-17(13-28-22)29-18-11-8-12-30-18/h5,8,11-15H,2,4,6-7,9-10H2,1,3H3,(H2,23,25). The number of ether oxygens (including phenoxy) is 1. The molecule has 0 amide bonds. The summed E-state index contributed by atoms with van der Waals surface area (Å²) in [4.78, 5) is 9.27. The lowest BCUT2D eigenvalue weighted by Gasteiger charge is -2.14. The van der Waals surface area contributed by atoms with Gasteiger partial charge in [-0.2, -0.15) is 10.1 Å². The summed E-state index contributed by atoms with van der Waals surface area (Å²) < 4.78 is 13.4. The van der Waals surface area contributed by atoms with Crippen molar-refractivity contribution in [2.24, 2.45) is 16.6 Å². The van der Waals surface area contributed by atoms with Crippen molar-refractivity contribution in [1.29, 1.82) is 0 Å². The predicted octanol–water partition coefficient (Wildman–Crippen LogP) is 6.18. The van der Waals surface area contributed by atoms with Crippen molar-refractivity contribution in [3.05, 3.63) is 35.9 Å². The van der Waals surface area contributed by atoms with Crippen LogP contribution in [-0.4, -0.2) is 20.6 Å². The van der Waals surface area contributed by atoms with Crippen LogP contribution in [0.3, 0.4) is 0 Å². The number of hydrogen-bond acceptors (Lipinski definition) is 6. The van der Waals surface area contributed by atoms with E-state index in [2.05, 4.69) is 25.4 Å². The molecule has 1 fully saturated rings. The third kappa shape index (κ3) is 4.05. The van der Waals surface area contributed by atoms with Gasteiger partial charge in [0.2, 0.25) is 0 Å². The van der Waals surface area contributed by atoms with E-state index >= 15 is 0 Å². The zero-order chi connectivity index (χ0) is 21.1. The van der Waals surface area contributed by atoms with E-state index in [-0.39, 0.29) is 12.0 Å². The Kier molecular flexibility index (Phi) is 6.03. The molecule has 158 valence electrons. The van der Waals surface area contributed by atoms with Crippen LogP contribution in [0.1, 0.15) is 57.6 Å². The van der Waals surface area contributed by atoms with Crippen LogP contribution < -0.4 is 10.5 Å². The first-order chi connectivity index (χ1) is 14.6. The van der Waals surface area contributed by atoms with Crippen LogP contribution in [0.2, 0.25) is 0 Å². The minimum Gasteiger partial charge on any atom is -0.439 e. The fourth-order valence-electron chi connectivity index (χ4n) is 3.58. The van der Waals surface area contributed by atoms with Crippen molar-refractivity contribution in [3.8, 4) is 22.5 Å². The molecule has 2 N–H and O–H groups in total. The number of nitrogens with two attached hydrogens (primary N) is 1. The molecular weight excluding hydrogens is 398 g/mol. The second kappa shape index (κ2) is 8.87. The smallest absolute Gasteiger partial charge is 0.259 e. The molecule has 8 heteroatoms. The van der Waals surface area contributed by atoms with Crippen LogP contribution in [0.15, 0.2) is 39.8 Å². The average molecular weight is 426 g/mol. The van der Waals surface area contributed by atoms with Crippen LogP contribution in [0.25, 0.3) is 17.7 Å². The molecule has 1 aliphatic rings. The van der Waals surface area contributed by atoms with Gasteiger partial charge in [0.25, 0.3) is 11.8 Å². The minimum atomic E-state index is 0.186. The SMILES string of the molecule is C=Cc1c(-c2nc(Oc3cccs3)co2)nn(C2CCCC2)c1N=C(N)C(C)CC. The zero-order valence-electron chi connectivity index (χ0n) is 17.4. The lowest BCUT2D eigenvalue weighted by molar-refractivity contribution is 0.467. The Bertz CT molecular complexity index is 1030. The summed E-state index contributed by atoms with van der Waals surface area (Å²) in [7, 11) is 0. The first kappa shape index (κ1) is 20.4. The van der Waals surface area contributed by atoms with Gasteiger partial charge < -0.3 is 14.9 Å². The quantitative estimate of drug-likeness (QED) is 0.343. The Balaban J connectivity index is 1.75. The highest BCUT2D eigenvalue weighted by atomic mass is 32.1. The molecule has 3 aromatic rings. The first-order valence-corrected chi connectivity index (χ1v) is 11.2. The van der Waals surface area contributed by atoms with Crippen molar-refractivity contribution in [3.63, 3.8) is 0 Å². The van der Waals surface area contributed by atoms with Crippen LogP contribution in [0.5, 0.6) is 10.9 Å². The summed E-state index contributed by atoms with van der Waals surface area (Å²) in [5, 5.41) is 7.55. The molecule has 0 aliphatic heterocycles. The molecule has 3 heterocycles. The summed E-state index contributed by atoms with van der Waals surface area (Å²) in [6, 6.07) is 4.09. The molecule has 1 saturated carbocycles. The maximum absolute atomic E-state index is 6.30. The molecule has 1 unspecified atom stereocenters. The highest BCUT2D eigenvalue weighted by molar-refractivity contribution is 7.11. The molecule has 0 saturated heterocycles. The highest BCUT2D eigenvalue weighted by Gasteiger charge is 2.27. The van der Waals surface area contributed by atoms with Crippen LogP contribution in [0.4, 0.5) is 5.82 Å². The second-order valence-corrected chi connectivity index (χ2v) is 8.45. The Labute approximate surface area is 180 Å². The van der Waals surface area contributed by atoms with Gasteiger partial charge in [-0.3, -0.25) is 0 Å². The van der Waals surface area contributed by atoms with Gasteiger partial charge in [-0.25, -0.2) is 9.67 Å². The summed E-state index contributed by atoms with van der Waals surface area (Å²) in [6.07, 6.45) is 8.68. The lowest BCUT2D eigenvalue weighted by atomic mass is 10.1. The third-order valence-electron chi connectivity index (χ3n) is 5.53. The summed E-state index contributed by atoms with van der Waals surface area (Å²) in [5.41, 5.74) is 7.68. The molecule has 0 bridgehead atoms. The van der Waals surface area contributed by atoms with Crippen molar-refractivity contribution in [2.45, 2.75) is 52.0 Å². The van der Waals surface area contributed by atoms with E-state index in [1.54, 1.807) is 6.08 Å².